The first-order valence-electron chi connectivity index (χ1n) is 19.4. The zero-order valence-corrected chi connectivity index (χ0v) is 31.8. The minimum atomic E-state index is -0.0175. The summed E-state index contributed by atoms with van der Waals surface area (Å²) < 4.78 is 0. The maximum absolute atomic E-state index is 2.41. The minimum absolute atomic E-state index is 0.0175. The number of hydrogen-bond acceptors (Lipinski definition) is 1. The molecule has 1 nitrogen and oxygen atoms in total. The highest BCUT2D eigenvalue weighted by Crippen LogP contribution is 2.51. The highest BCUT2D eigenvalue weighted by atomic mass is 15.1. The van der Waals surface area contributed by atoms with Crippen LogP contribution < -0.4 is 4.90 Å². The third-order valence-electron chi connectivity index (χ3n) is 12.3. The van der Waals surface area contributed by atoms with Crippen LogP contribution in [0.2, 0.25) is 0 Å². The molecule has 0 saturated carbocycles. The fraction of sp³-hybridized carbons (Fsp3) is 0.111. The Balaban J connectivity index is 1.10. The average Bonchev–Trinajstić information content (AvgIpc) is 3.60. The lowest BCUT2D eigenvalue weighted by molar-refractivity contribution is 0.660. The Morgan fingerprint density at radius 2 is 0.618 bits per heavy atom. The lowest BCUT2D eigenvalue weighted by Gasteiger charge is -2.27. The Morgan fingerprint density at radius 1 is 0.273 bits per heavy atom. The molecule has 2 aliphatic rings. The molecule has 0 fully saturated rings. The Kier molecular flexibility index (Phi) is 7.58. The van der Waals surface area contributed by atoms with E-state index in [1.54, 1.807) is 0 Å². The van der Waals surface area contributed by atoms with Crippen molar-refractivity contribution in [1.29, 1.82) is 0 Å². The molecule has 264 valence electrons. The molecule has 8 aromatic rings. The molecule has 55 heavy (non-hydrogen) atoms. The van der Waals surface area contributed by atoms with Gasteiger partial charge in [-0.1, -0.05) is 167 Å². The Hall–Kier alpha value is -6.44. The van der Waals surface area contributed by atoms with Gasteiger partial charge in [0, 0.05) is 27.9 Å². The SMILES string of the molecule is CC1(C)c2ccccc2-c2cc(-c3cccc(N(c4cccc(-c5ccccc5)c4)c4cccc(-c5ccc6c(c5)-c5ccccc5C6(C)C)c4)c3)ccc21. The number of fused-ring (bicyclic) bond motifs is 6. The predicted octanol–water partition coefficient (Wildman–Crippen LogP) is 14.8. The van der Waals surface area contributed by atoms with Crippen molar-refractivity contribution in [1.82, 2.24) is 0 Å². The zero-order chi connectivity index (χ0) is 37.3. The van der Waals surface area contributed by atoms with Crippen LogP contribution in [-0.4, -0.2) is 0 Å². The van der Waals surface area contributed by atoms with E-state index in [9.17, 15) is 0 Å². The molecule has 0 atom stereocenters. The van der Waals surface area contributed by atoms with Crippen LogP contribution >= 0.6 is 0 Å². The number of anilines is 3. The molecule has 0 heterocycles. The summed E-state index contributed by atoms with van der Waals surface area (Å²) in [6.45, 7) is 9.37. The molecule has 0 saturated heterocycles. The number of hydrogen-bond donors (Lipinski definition) is 0. The van der Waals surface area contributed by atoms with Crippen LogP contribution in [0.5, 0.6) is 0 Å². The van der Waals surface area contributed by atoms with Crippen molar-refractivity contribution >= 4 is 17.1 Å². The zero-order valence-electron chi connectivity index (χ0n) is 31.8. The van der Waals surface area contributed by atoms with Gasteiger partial charge in [0.05, 0.1) is 0 Å². The van der Waals surface area contributed by atoms with Crippen LogP contribution in [-0.2, 0) is 10.8 Å². The molecule has 0 N–H and O–H groups in total. The largest absolute Gasteiger partial charge is 0.310 e. The van der Waals surface area contributed by atoms with Gasteiger partial charge in [0.2, 0.25) is 0 Å². The van der Waals surface area contributed by atoms with Gasteiger partial charge in [0.25, 0.3) is 0 Å². The van der Waals surface area contributed by atoms with Crippen molar-refractivity contribution in [3.8, 4) is 55.6 Å². The predicted molar refractivity (Wildman–Crippen MR) is 233 cm³/mol. The van der Waals surface area contributed by atoms with Crippen molar-refractivity contribution in [2.24, 2.45) is 0 Å². The molecule has 0 aromatic heterocycles. The van der Waals surface area contributed by atoms with Crippen LogP contribution in [0.1, 0.15) is 49.9 Å². The second-order valence-corrected chi connectivity index (χ2v) is 16.2. The van der Waals surface area contributed by atoms with Crippen LogP contribution in [0.4, 0.5) is 17.1 Å². The van der Waals surface area contributed by atoms with E-state index in [4.69, 9.17) is 0 Å². The van der Waals surface area contributed by atoms with Crippen LogP contribution in [0.15, 0.2) is 188 Å². The molecule has 0 aliphatic heterocycles. The highest BCUT2D eigenvalue weighted by Gasteiger charge is 2.36. The van der Waals surface area contributed by atoms with Crippen molar-refractivity contribution in [3.63, 3.8) is 0 Å². The van der Waals surface area contributed by atoms with E-state index in [1.165, 1.54) is 77.9 Å². The maximum atomic E-state index is 2.41. The normalized spacial score (nSPS) is 14.1. The minimum Gasteiger partial charge on any atom is -0.310 e. The van der Waals surface area contributed by atoms with Gasteiger partial charge in [-0.2, -0.15) is 0 Å². The van der Waals surface area contributed by atoms with Gasteiger partial charge in [0.15, 0.2) is 0 Å². The molecule has 0 bridgehead atoms. The number of benzene rings is 8. The number of nitrogens with zero attached hydrogens (tertiary/aromatic N) is 1. The fourth-order valence-corrected chi connectivity index (χ4v) is 9.35. The number of rotatable bonds is 6. The Labute approximate surface area is 325 Å². The smallest absolute Gasteiger partial charge is 0.0467 e. The van der Waals surface area contributed by atoms with Crippen LogP contribution in [0.3, 0.4) is 0 Å². The summed E-state index contributed by atoms with van der Waals surface area (Å²) in [5.74, 6) is 0. The topological polar surface area (TPSA) is 3.24 Å². The monoisotopic (exact) mass is 705 g/mol. The second kappa shape index (κ2) is 12.6. The lowest BCUT2D eigenvalue weighted by atomic mass is 9.82. The second-order valence-electron chi connectivity index (χ2n) is 16.2. The van der Waals surface area contributed by atoms with Gasteiger partial charge >= 0.3 is 0 Å². The summed E-state index contributed by atoms with van der Waals surface area (Å²) in [7, 11) is 0. The summed E-state index contributed by atoms with van der Waals surface area (Å²) in [6, 6.07) is 69.6. The van der Waals surface area contributed by atoms with Gasteiger partial charge in [-0.25, -0.2) is 0 Å². The van der Waals surface area contributed by atoms with E-state index >= 15 is 0 Å². The standard InChI is InChI=1S/C54H43N/c1-53(2)49-25-10-8-23-45(49)47-34-40(27-29-51(47)53)38-18-13-21-43(32-38)55(42-20-12-17-37(31-42)36-15-6-5-7-16-36)44-22-14-19-39(33-44)41-28-30-52-48(35-41)46-24-9-11-26-50(46)54(52,3)4/h5-35H,1-4H3. The van der Waals surface area contributed by atoms with Crippen molar-refractivity contribution in [3.05, 3.63) is 210 Å². The summed E-state index contributed by atoms with van der Waals surface area (Å²) in [5.41, 5.74) is 21.5. The molecule has 10 rings (SSSR count). The average molecular weight is 706 g/mol. The summed E-state index contributed by atoms with van der Waals surface area (Å²) in [4.78, 5) is 2.41. The molecule has 2 aliphatic carbocycles. The first-order valence-corrected chi connectivity index (χ1v) is 19.4. The van der Waals surface area contributed by atoms with E-state index in [1.807, 2.05) is 0 Å². The van der Waals surface area contributed by atoms with Gasteiger partial charge < -0.3 is 4.90 Å². The molecule has 0 unspecified atom stereocenters. The molecule has 0 amide bonds. The molecular formula is C54H43N. The van der Waals surface area contributed by atoms with E-state index in [-0.39, 0.29) is 10.8 Å². The maximum Gasteiger partial charge on any atom is 0.0467 e. The third kappa shape index (κ3) is 5.37. The Morgan fingerprint density at radius 3 is 1.07 bits per heavy atom. The van der Waals surface area contributed by atoms with Crippen molar-refractivity contribution < 1.29 is 0 Å². The van der Waals surface area contributed by atoms with E-state index in [0.29, 0.717) is 0 Å². The first-order chi connectivity index (χ1) is 26.8. The van der Waals surface area contributed by atoms with Crippen molar-refractivity contribution in [2.75, 3.05) is 4.90 Å². The first kappa shape index (κ1) is 33.2. The van der Waals surface area contributed by atoms with Crippen molar-refractivity contribution in [2.45, 2.75) is 38.5 Å². The van der Waals surface area contributed by atoms with E-state index < -0.39 is 0 Å². The molecule has 0 spiro atoms. The molecule has 0 radical (unpaired) electrons. The Bertz CT molecular complexity index is 2620. The summed E-state index contributed by atoms with van der Waals surface area (Å²) >= 11 is 0. The molecule has 8 aromatic carbocycles. The fourth-order valence-electron chi connectivity index (χ4n) is 9.35. The third-order valence-corrected chi connectivity index (χ3v) is 12.3. The lowest BCUT2D eigenvalue weighted by Crippen LogP contribution is -2.14. The van der Waals surface area contributed by atoms with E-state index in [0.717, 1.165) is 17.1 Å². The van der Waals surface area contributed by atoms with Gasteiger partial charge in [-0.15, -0.1) is 0 Å². The quantitative estimate of drug-likeness (QED) is 0.166. The summed E-state index contributed by atoms with van der Waals surface area (Å²) in [6.07, 6.45) is 0. The van der Waals surface area contributed by atoms with Gasteiger partial charge in [0.1, 0.15) is 0 Å². The van der Waals surface area contributed by atoms with Crippen LogP contribution in [0.25, 0.3) is 55.6 Å². The molecular weight excluding hydrogens is 663 g/mol. The highest BCUT2D eigenvalue weighted by molar-refractivity contribution is 5.89. The summed E-state index contributed by atoms with van der Waals surface area (Å²) in [5, 5.41) is 0. The van der Waals surface area contributed by atoms with Gasteiger partial charge in [-0.05, 0) is 126 Å². The van der Waals surface area contributed by atoms with Gasteiger partial charge in [-0.3, -0.25) is 0 Å². The van der Waals surface area contributed by atoms with E-state index in [2.05, 4.69) is 221 Å². The van der Waals surface area contributed by atoms with Crippen LogP contribution in [0, 0.1) is 0 Å². The molecule has 1 heteroatoms.